The number of nitrogens with zero attached hydrogens (tertiary/aromatic N) is 1. The normalized spacial score (nSPS) is 16.8. The van der Waals surface area contributed by atoms with Crippen molar-refractivity contribution in [1.29, 1.82) is 0 Å². The SMILES string of the molecule is COc1ccc(OCC(=O)O[C@H](C)CN2CCCCC2)cc1. The molecule has 2 rings (SSSR count). The number of esters is 1. The molecule has 1 heterocycles. The van der Waals surface area contributed by atoms with Gasteiger partial charge >= 0.3 is 5.97 Å². The van der Waals surface area contributed by atoms with Crippen LogP contribution < -0.4 is 9.47 Å². The average Bonchev–Trinajstić information content (AvgIpc) is 2.54. The molecule has 0 bridgehead atoms. The molecule has 0 unspecified atom stereocenters. The molecule has 5 nitrogen and oxygen atoms in total. The highest BCUT2D eigenvalue weighted by Gasteiger charge is 2.16. The van der Waals surface area contributed by atoms with Gasteiger partial charge in [-0.05, 0) is 57.1 Å². The van der Waals surface area contributed by atoms with E-state index in [9.17, 15) is 4.79 Å². The molecule has 1 saturated heterocycles. The molecule has 1 aromatic carbocycles. The summed E-state index contributed by atoms with van der Waals surface area (Å²) in [4.78, 5) is 14.2. The molecule has 1 aliphatic rings. The number of benzene rings is 1. The van der Waals surface area contributed by atoms with E-state index in [1.54, 1.807) is 31.4 Å². The van der Waals surface area contributed by atoms with Crippen molar-refractivity contribution in [1.82, 2.24) is 4.90 Å². The highest BCUT2D eigenvalue weighted by atomic mass is 16.6. The Hall–Kier alpha value is -1.75. The lowest BCUT2D eigenvalue weighted by molar-refractivity contribution is -0.151. The molecule has 22 heavy (non-hydrogen) atoms. The number of carbonyl (C=O) groups excluding carboxylic acids is 1. The fraction of sp³-hybridized carbons (Fsp3) is 0.588. The van der Waals surface area contributed by atoms with Crippen LogP contribution in [0.5, 0.6) is 11.5 Å². The second kappa shape index (κ2) is 8.63. The summed E-state index contributed by atoms with van der Waals surface area (Å²) in [5, 5.41) is 0. The Kier molecular flexibility index (Phi) is 6.52. The third-order valence-electron chi connectivity index (χ3n) is 3.71. The van der Waals surface area contributed by atoms with Crippen LogP contribution >= 0.6 is 0 Å². The lowest BCUT2D eigenvalue weighted by Gasteiger charge is -2.28. The zero-order valence-electron chi connectivity index (χ0n) is 13.4. The minimum atomic E-state index is -0.333. The van der Waals surface area contributed by atoms with Crippen molar-refractivity contribution in [3.05, 3.63) is 24.3 Å². The summed E-state index contributed by atoms with van der Waals surface area (Å²) in [6.07, 6.45) is 3.67. The average molecular weight is 307 g/mol. The van der Waals surface area contributed by atoms with Crippen LogP contribution in [0.2, 0.25) is 0 Å². The van der Waals surface area contributed by atoms with Gasteiger partial charge in [0.25, 0.3) is 0 Å². The van der Waals surface area contributed by atoms with E-state index in [1.165, 1.54) is 19.3 Å². The van der Waals surface area contributed by atoms with Crippen molar-refractivity contribution >= 4 is 5.97 Å². The van der Waals surface area contributed by atoms with Gasteiger partial charge in [-0.1, -0.05) is 6.42 Å². The van der Waals surface area contributed by atoms with Crippen molar-refractivity contribution in [3.63, 3.8) is 0 Å². The van der Waals surface area contributed by atoms with Crippen LogP contribution in [0.3, 0.4) is 0 Å². The number of ether oxygens (including phenoxy) is 3. The molecule has 0 amide bonds. The Morgan fingerprint density at radius 3 is 2.41 bits per heavy atom. The first-order valence-electron chi connectivity index (χ1n) is 7.86. The molecule has 0 aliphatic carbocycles. The van der Waals surface area contributed by atoms with Gasteiger partial charge in [-0.25, -0.2) is 4.79 Å². The first kappa shape index (κ1) is 16.6. The molecule has 1 fully saturated rings. The molecular weight excluding hydrogens is 282 g/mol. The topological polar surface area (TPSA) is 48.0 Å². The van der Waals surface area contributed by atoms with Gasteiger partial charge < -0.3 is 14.2 Å². The highest BCUT2D eigenvalue weighted by Crippen LogP contribution is 2.17. The molecule has 0 aromatic heterocycles. The first-order chi connectivity index (χ1) is 10.7. The van der Waals surface area contributed by atoms with Crippen LogP contribution in [-0.2, 0) is 9.53 Å². The van der Waals surface area contributed by atoms with Gasteiger partial charge in [0.2, 0.25) is 0 Å². The van der Waals surface area contributed by atoms with Gasteiger partial charge in [-0.15, -0.1) is 0 Å². The van der Waals surface area contributed by atoms with Gasteiger partial charge in [0, 0.05) is 6.54 Å². The van der Waals surface area contributed by atoms with Crippen molar-refractivity contribution in [2.75, 3.05) is 33.4 Å². The predicted octanol–water partition coefficient (Wildman–Crippen LogP) is 2.49. The van der Waals surface area contributed by atoms with Gasteiger partial charge in [0.15, 0.2) is 6.61 Å². The molecule has 0 saturated carbocycles. The predicted molar refractivity (Wildman–Crippen MR) is 84.3 cm³/mol. The zero-order valence-corrected chi connectivity index (χ0v) is 13.4. The second-order valence-corrected chi connectivity index (χ2v) is 5.63. The van der Waals surface area contributed by atoms with E-state index in [0.29, 0.717) is 5.75 Å². The Balaban J connectivity index is 1.67. The Morgan fingerprint density at radius 2 is 1.77 bits per heavy atom. The van der Waals surface area contributed by atoms with E-state index in [1.807, 2.05) is 6.92 Å². The number of hydrogen-bond donors (Lipinski definition) is 0. The lowest BCUT2D eigenvalue weighted by Crippen LogP contribution is -2.37. The third kappa shape index (κ3) is 5.56. The van der Waals surface area contributed by atoms with Crippen molar-refractivity contribution in [3.8, 4) is 11.5 Å². The minimum Gasteiger partial charge on any atom is -0.497 e. The third-order valence-corrected chi connectivity index (χ3v) is 3.71. The maximum atomic E-state index is 11.8. The molecule has 0 spiro atoms. The zero-order chi connectivity index (χ0) is 15.8. The van der Waals surface area contributed by atoms with Crippen molar-refractivity contribution in [2.45, 2.75) is 32.3 Å². The maximum absolute atomic E-state index is 11.8. The fourth-order valence-corrected chi connectivity index (χ4v) is 2.62. The quantitative estimate of drug-likeness (QED) is 0.724. The molecule has 1 aromatic rings. The van der Waals surface area contributed by atoms with Gasteiger partial charge in [0.05, 0.1) is 7.11 Å². The van der Waals surface area contributed by atoms with Crippen LogP contribution in [0.25, 0.3) is 0 Å². The Morgan fingerprint density at radius 1 is 1.14 bits per heavy atom. The minimum absolute atomic E-state index is 0.0727. The number of likely N-dealkylation sites (tertiary alicyclic amines) is 1. The number of rotatable bonds is 7. The summed E-state index contributed by atoms with van der Waals surface area (Å²) in [5.74, 6) is 1.05. The van der Waals surface area contributed by atoms with E-state index >= 15 is 0 Å². The summed E-state index contributed by atoms with van der Waals surface area (Å²) < 4.78 is 15.9. The molecule has 1 aliphatic heterocycles. The van der Waals surface area contributed by atoms with Crippen LogP contribution in [0.15, 0.2) is 24.3 Å². The number of carbonyl (C=O) groups is 1. The van der Waals surface area contributed by atoms with Gasteiger partial charge in [-0.3, -0.25) is 4.90 Å². The summed E-state index contributed by atoms with van der Waals surface area (Å²) in [7, 11) is 1.61. The molecular formula is C17H25NO4. The lowest BCUT2D eigenvalue weighted by atomic mass is 10.1. The molecule has 0 radical (unpaired) electrons. The summed E-state index contributed by atoms with van der Waals surface area (Å²) in [5.41, 5.74) is 0. The highest BCUT2D eigenvalue weighted by molar-refractivity contribution is 5.71. The van der Waals surface area contributed by atoms with E-state index in [2.05, 4.69) is 4.90 Å². The van der Waals surface area contributed by atoms with E-state index < -0.39 is 0 Å². The Bertz CT molecular complexity index is 454. The monoisotopic (exact) mass is 307 g/mol. The summed E-state index contributed by atoms with van der Waals surface area (Å²) in [6, 6.07) is 7.12. The van der Waals surface area contributed by atoms with E-state index in [4.69, 9.17) is 14.2 Å². The van der Waals surface area contributed by atoms with Crippen molar-refractivity contribution in [2.24, 2.45) is 0 Å². The Labute approximate surface area is 132 Å². The largest absolute Gasteiger partial charge is 0.497 e. The molecule has 5 heteroatoms. The summed E-state index contributed by atoms with van der Waals surface area (Å²) in [6.45, 7) is 4.86. The standard InChI is InChI=1S/C17H25NO4/c1-14(12-18-10-4-3-5-11-18)22-17(19)13-21-16-8-6-15(20-2)7-9-16/h6-9,14H,3-5,10-13H2,1-2H3/t14-/m1/s1. The van der Waals surface area contributed by atoms with Crippen LogP contribution in [-0.4, -0.2) is 50.3 Å². The number of methoxy groups -OCH3 is 1. The van der Waals surface area contributed by atoms with Crippen LogP contribution in [0.1, 0.15) is 26.2 Å². The maximum Gasteiger partial charge on any atom is 0.344 e. The molecule has 1 atom stereocenters. The second-order valence-electron chi connectivity index (χ2n) is 5.63. The fourth-order valence-electron chi connectivity index (χ4n) is 2.62. The van der Waals surface area contributed by atoms with Crippen LogP contribution in [0, 0.1) is 0 Å². The smallest absolute Gasteiger partial charge is 0.344 e. The van der Waals surface area contributed by atoms with Crippen molar-refractivity contribution < 1.29 is 19.0 Å². The summed E-state index contributed by atoms with van der Waals surface area (Å²) >= 11 is 0. The van der Waals surface area contributed by atoms with Crippen LogP contribution in [0.4, 0.5) is 0 Å². The number of piperidine rings is 1. The van der Waals surface area contributed by atoms with Gasteiger partial charge in [-0.2, -0.15) is 0 Å². The van der Waals surface area contributed by atoms with E-state index in [0.717, 1.165) is 25.4 Å². The van der Waals surface area contributed by atoms with Gasteiger partial charge in [0.1, 0.15) is 17.6 Å². The molecule has 122 valence electrons. The van der Waals surface area contributed by atoms with E-state index in [-0.39, 0.29) is 18.7 Å². The first-order valence-corrected chi connectivity index (χ1v) is 7.86. The number of hydrogen-bond acceptors (Lipinski definition) is 5. The molecule has 0 N–H and O–H groups in total.